The van der Waals surface area contributed by atoms with Crippen LogP contribution in [0, 0.1) is 0 Å². The van der Waals surface area contributed by atoms with Crippen LogP contribution in [0.5, 0.6) is 0 Å². The van der Waals surface area contributed by atoms with Gasteiger partial charge in [0.25, 0.3) is 5.91 Å². The minimum Gasteiger partial charge on any atom is -0.382 e. The van der Waals surface area contributed by atoms with E-state index >= 15 is 0 Å². The Labute approximate surface area is 132 Å². The Balaban J connectivity index is 1.63. The van der Waals surface area contributed by atoms with Gasteiger partial charge in [-0.15, -0.1) is 0 Å². The van der Waals surface area contributed by atoms with Crippen molar-refractivity contribution < 1.29 is 4.79 Å². The van der Waals surface area contributed by atoms with E-state index in [2.05, 4.69) is 22.2 Å². The van der Waals surface area contributed by atoms with Crippen LogP contribution < -0.4 is 5.32 Å². The van der Waals surface area contributed by atoms with Gasteiger partial charge in [0.1, 0.15) is 5.69 Å². The molecule has 0 radical (unpaired) electrons. The first-order chi connectivity index (χ1) is 10.7. The molecule has 1 saturated carbocycles. The number of nitrogens with zero attached hydrogens (tertiary/aromatic N) is 3. The first-order valence-corrected chi connectivity index (χ1v) is 8.43. The largest absolute Gasteiger partial charge is 0.382 e. The lowest BCUT2D eigenvalue weighted by Crippen LogP contribution is -2.47. The highest BCUT2D eigenvalue weighted by molar-refractivity contribution is 5.93. The highest BCUT2D eigenvalue weighted by Gasteiger charge is 2.21. The molecular formula is C17H26N4O. The first-order valence-electron chi connectivity index (χ1n) is 8.43. The van der Waals surface area contributed by atoms with E-state index < -0.39 is 0 Å². The van der Waals surface area contributed by atoms with Crippen LogP contribution in [0.3, 0.4) is 0 Å². The minimum absolute atomic E-state index is 0.0559. The van der Waals surface area contributed by atoms with Crippen LogP contribution in [-0.4, -0.2) is 60.0 Å². The second kappa shape index (κ2) is 7.09. The maximum absolute atomic E-state index is 12.6. The average Bonchev–Trinajstić information content (AvgIpc) is 2.56. The Kier molecular flexibility index (Phi) is 4.93. The van der Waals surface area contributed by atoms with Gasteiger partial charge in [0.05, 0.1) is 0 Å². The summed E-state index contributed by atoms with van der Waals surface area (Å²) in [4.78, 5) is 21.0. The Morgan fingerprint density at radius 3 is 2.64 bits per heavy atom. The predicted molar refractivity (Wildman–Crippen MR) is 88.1 cm³/mol. The van der Waals surface area contributed by atoms with Crippen molar-refractivity contribution in [2.75, 3.05) is 38.5 Å². The molecule has 0 aromatic carbocycles. The third-order valence-electron chi connectivity index (χ3n) is 4.75. The molecule has 1 aliphatic heterocycles. The van der Waals surface area contributed by atoms with Crippen molar-refractivity contribution in [3.63, 3.8) is 0 Å². The standard InChI is InChI=1S/C17H26N4O/c1-20-9-11-21(12-10-20)17(22)16-13-15(7-8-18-16)19-14-5-3-2-4-6-14/h7-8,13-14H,2-6,9-12H2,1H3,(H,18,19). The van der Waals surface area contributed by atoms with Gasteiger partial charge >= 0.3 is 0 Å². The van der Waals surface area contributed by atoms with Crippen LogP contribution in [0.15, 0.2) is 18.3 Å². The summed E-state index contributed by atoms with van der Waals surface area (Å²) in [6.45, 7) is 3.45. The van der Waals surface area contributed by atoms with Crippen LogP contribution in [0.2, 0.25) is 0 Å². The fraction of sp³-hybridized carbons (Fsp3) is 0.647. The van der Waals surface area contributed by atoms with Gasteiger partial charge in [0.2, 0.25) is 0 Å². The van der Waals surface area contributed by atoms with Gasteiger partial charge in [0.15, 0.2) is 0 Å². The molecule has 5 nitrogen and oxygen atoms in total. The molecule has 1 N–H and O–H groups in total. The van der Waals surface area contributed by atoms with Gasteiger partial charge in [-0.1, -0.05) is 19.3 Å². The monoisotopic (exact) mass is 302 g/mol. The molecule has 3 rings (SSSR count). The Morgan fingerprint density at radius 2 is 1.91 bits per heavy atom. The molecule has 5 heteroatoms. The number of amides is 1. The summed E-state index contributed by atoms with van der Waals surface area (Å²) in [5.74, 6) is 0.0559. The fourth-order valence-electron chi connectivity index (χ4n) is 3.29. The number of aromatic nitrogens is 1. The second-order valence-corrected chi connectivity index (χ2v) is 6.50. The minimum atomic E-state index is 0.0559. The molecule has 1 aromatic heterocycles. The number of hydrogen-bond acceptors (Lipinski definition) is 4. The number of anilines is 1. The van der Waals surface area contributed by atoms with E-state index in [-0.39, 0.29) is 5.91 Å². The first kappa shape index (κ1) is 15.3. The highest BCUT2D eigenvalue weighted by atomic mass is 16.2. The normalized spacial score (nSPS) is 20.9. The number of rotatable bonds is 3. The molecule has 2 fully saturated rings. The zero-order valence-electron chi connectivity index (χ0n) is 13.4. The third-order valence-corrected chi connectivity index (χ3v) is 4.75. The van der Waals surface area contributed by atoms with Crippen LogP contribution in [-0.2, 0) is 0 Å². The third kappa shape index (κ3) is 3.77. The van der Waals surface area contributed by atoms with E-state index in [1.54, 1.807) is 6.20 Å². The van der Waals surface area contributed by atoms with Crippen molar-refractivity contribution in [2.45, 2.75) is 38.1 Å². The van der Waals surface area contributed by atoms with Gasteiger partial charge in [-0.2, -0.15) is 0 Å². The van der Waals surface area contributed by atoms with Crippen molar-refractivity contribution in [2.24, 2.45) is 0 Å². The number of nitrogens with one attached hydrogen (secondary N) is 1. The van der Waals surface area contributed by atoms with Gasteiger partial charge < -0.3 is 15.1 Å². The van der Waals surface area contributed by atoms with E-state index in [9.17, 15) is 4.79 Å². The Morgan fingerprint density at radius 1 is 1.18 bits per heavy atom. The molecule has 2 heterocycles. The van der Waals surface area contributed by atoms with Crippen LogP contribution >= 0.6 is 0 Å². The molecule has 1 saturated heterocycles. The van der Waals surface area contributed by atoms with E-state index in [1.807, 2.05) is 17.0 Å². The lowest BCUT2D eigenvalue weighted by molar-refractivity contribution is 0.0658. The summed E-state index contributed by atoms with van der Waals surface area (Å²) in [7, 11) is 2.09. The van der Waals surface area contributed by atoms with Gasteiger partial charge in [-0.25, -0.2) is 0 Å². The van der Waals surface area contributed by atoms with E-state index in [0.29, 0.717) is 11.7 Å². The average molecular weight is 302 g/mol. The van der Waals surface area contributed by atoms with E-state index in [1.165, 1.54) is 32.1 Å². The lowest BCUT2D eigenvalue weighted by Gasteiger charge is -2.32. The molecule has 120 valence electrons. The molecule has 1 amide bonds. The maximum Gasteiger partial charge on any atom is 0.272 e. The van der Waals surface area contributed by atoms with Crippen molar-refractivity contribution in [3.8, 4) is 0 Å². The number of hydrogen-bond donors (Lipinski definition) is 1. The summed E-state index contributed by atoms with van der Waals surface area (Å²) in [6, 6.07) is 4.42. The number of carbonyl (C=O) groups is 1. The van der Waals surface area contributed by atoms with Gasteiger partial charge in [-0.05, 0) is 32.0 Å². The van der Waals surface area contributed by atoms with Crippen molar-refractivity contribution >= 4 is 11.6 Å². The Bertz CT molecular complexity index is 505. The second-order valence-electron chi connectivity index (χ2n) is 6.50. The fourth-order valence-corrected chi connectivity index (χ4v) is 3.29. The van der Waals surface area contributed by atoms with Crippen LogP contribution in [0.25, 0.3) is 0 Å². The summed E-state index contributed by atoms with van der Waals surface area (Å²) >= 11 is 0. The lowest BCUT2D eigenvalue weighted by atomic mass is 9.95. The van der Waals surface area contributed by atoms with E-state index in [4.69, 9.17) is 0 Å². The summed E-state index contributed by atoms with van der Waals surface area (Å²) < 4.78 is 0. The van der Waals surface area contributed by atoms with Gasteiger partial charge in [-0.3, -0.25) is 9.78 Å². The zero-order chi connectivity index (χ0) is 15.4. The number of carbonyl (C=O) groups excluding carboxylic acids is 1. The van der Waals surface area contributed by atoms with Crippen LogP contribution in [0.1, 0.15) is 42.6 Å². The topological polar surface area (TPSA) is 48.5 Å². The Hall–Kier alpha value is -1.62. The molecule has 0 atom stereocenters. The highest BCUT2D eigenvalue weighted by Crippen LogP contribution is 2.22. The molecule has 0 spiro atoms. The predicted octanol–water partition coefficient (Wildman–Crippen LogP) is 2.21. The summed E-state index contributed by atoms with van der Waals surface area (Å²) in [5, 5.41) is 3.57. The van der Waals surface area contributed by atoms with Crippen molar-refractivity contribution in [1.82, 2.24) is 14.8 Å². The smallest absolute Gasteiger partial charge is 0.272 e. The molecule has 0 bridgehead atoms. The molecule has 0 unspecified atom stereocenters. The van der Waals surface area contributed by atoms with Gasteiger partial charge in [0, 0.05) is 44.1 Å². The molecule has 1 aromatic rings. The molecule has 1 aliphatic carbocycles. The van der Waals surface area contributed by atoms with Crippen LogP contribution in [0.4, 0.5) is 5.69 Å². The number of pyridine rings is 1. The maximum atomic E-state index is 12.6. The van der Waals surface area contributed by atoms with Crippen molar-refractivity contribution in [3.05, 3.63) is 24.0 Å². The number of likely N-dealkylation sites (N-methyl/N-ethyl adjacent to an activating group) is 1. The molecular weight excluding hydrogens is 276 g/mol. The summed E-state index contributed by atoms with van der Waals surface area (Å²) in [6.07, 6.45) is 8.15. The van der Waals surface area contributed by atoms with Crippen molar-refractivity contribution in [1.29, 1.82) is 0 Å². The number of piperazine rings is 1. The van der Waals surface area contributed by atoms with E-state index in [0.717, 1.165) is 31.9 Å². The summed E-state index contributed by atoms with van der Waals surface area (Å²) in [5.41, 5.74) is 1.59. The SMILES string of the molecule is CN1CCN(C(=O)c2cc(NC3CCCCC3)ccn2)CC1. The quantitative estimate of drug-likeness (QED) is 0.930. The molecule has 22 heavy (non-hydrogen) atoms. The zero-order valence-corrected chi connectivity index (χ0v) is 13.4. The molecule has 2 aliphatic rings.